The molecule has 0 bridgehead atoms. The van der Waals surface area contributed by atoms with Crippen molar-refractivity contribution in [1.29, 1.82) is 5.41 Å². The van der Waals surface area contributed by atoms with Crippen molar-refractivity contribution in [3.8, 4) is 0 Å². The Morgan fingerprint density at radius 3 is 2.61 bits per heavy atom. The smallest absolute Gasteiger partial charge is 0.147 e. The number of anilines is 1. The second-order valence-corrected chi connectivity index (χ2v) is 5.38. The molecule has 0 amide bonds. The van der Waals surface area contributed by atoms with Crippen LogP contribution in [-0.4, -0.2) is 28.4 Å². The minimum absolute atomic E-state index is 0.0394. The van der Waals surface area contributed by atoms with Crippen molar-refractivity contribution in [1.82, 2.24) is 9.97 Å². The first-order chi connectivity index (χ1) is 8.49. The van der Waals surface area contributed by atoms with Crippen molar-refractivity contribution in [2.75, 3.05) is 11.4 Å². The highest BCUT2D eigenvalue weighted by molar-refractivity contribution is 5.92. The van der Waals surface area contributed by atoms with Crippen LogP contribution in [0.2, 0.25) is 0 Å². The van der Waals surface area contributed by atoms with E-state index in [2.05, 4.69) is 35.6 Å². The predicted molar refractivity (Wildman–Crippen MR) is 72.8 cm³/mol. The van der Waals surface area contributed by atoms with Gasteiger partial charge >= 0.3 is 0 Å². The van der Waals surface area contributed by atoms with E-state index >= 15 is 0 Å². The first-order valence-electron chi connectivity index (χ1n) is 6.42. The molecule has 1 aromatic heterocycles. The molecule has 2 heterocycles. The van der Waals surface area contributed by atoms with Gasteiger partial charge in [-0.15, -0.1) is 0 Å². The van der Waals surface area contributed by atoms with Crippen LogP contribution in [0.3, 0.4) is 0 Å². The largest absolute Gasteiger partial charge is 0.382 e. The molecule has 0 radical (unpaired) electrons. The van der Waals surface area contributed by atoms with Crippen molar-refractivity contribution in [2.45, 2.75) is 33.2 Å². The summed E-state index contributed by atoms with van der Waals surface area (Å²) in [5.74, 6) is 2.17. The van der Waals surface area contributed by atoms with Crippen molar-refractivity contribution >= 4 is 11.7 Å². The average molecular weight is 247 g/mol. The van der Waals surface area contributed by atoms with Crippen LogP contribution in [0.5, 0.6) is 0 Å². The first kappa shape index (κ1) is 12.8. The number of hydrogen-bond acceptors (Lipinski definition) is 4. The molecule has 2 rings (SSSR count). The zero-order chi connectivity index (χ0) is 13.3. The van der Waals surface area contributed by atoms with Gasteiger partial charge in [-0.2, -0.15) is 0 Å². The van der Waals surface area contributed by atoms with Crippen LogP contribution in [0.15, 0.2) is 12.4 Å². The summed E-state index contributed by atoms with van der Waals surface area (Å²) in [5.41, 5.74) is 5.82. The number of nitrogens with zero attached hydrogens (tertiary/aromatic N) is 3. The Morgan fingerprint density at radius 2 is 2.06 bits per heavy atom. The van der Waals surface area contributed by atoms with Gasteiger partial charge in [-0.25, -0.2) is 9.97 Å². The van der Waals surface area contributed by atoms with Gasteiger partial charge in [-0.05, 0) is 25.2 Å². The van der Waals surface area contributed by atoms with E-state index in [1.165, 1.54) is 6.42 Å². The standard InChI is InChI=1S/C13H21N5/c1-8-4-9(2)10(3)18(7-8)12-6-16-11(5-17-12)13(14)15/h5-6,8-10H,4,7H2,1-3H3,(H3,14,15). The van der Waals surface area contributed by atoms with Gasteiger partial charge in [0.2, 0.25) is 0 Å². The molecule has 18 heavy (non-hydrogen) atoms. The Labute approximate surface area is 108 Å². The molecule has 3 N–H and O–H groups in total. The maximum absolute atomic E-state index is 7.32. The molecule has 5 nitrogen and oxygen atoms in total. The molecule has 0 spiro atoms. The van der Waals surface area contributed by atoms with Crippen LogP contribution >= 0.6 is 0 Å². The van der Waals surface area contributed by atoms with E-state index in [4.69, 9.17) is 11.1 Å². The summed E-state index contributed by atoms with van der Waals surface area (Å²) < 4.78 is 0. The zero-order valence-corrected chi connectivity index (χ0v) is 11.2. The average Bonchev–Trinajstić information content (AvgIpc) is 2.34. The number of piperidine rings is 1. The monoisotopic (exact) mass is 247 g/mol. The maximum atomic E-state index is 7.32. The lowest BCUT2D eigenvalue weighted by Crippen LogP contribution is -2.46. The quantitative estimate of drug-likeness (QED) is 0.615. The number of amidine groups is 1. The molecule has 1 aliphatic heterocycles. The molecule has 1 fully saturated rings. The summed E-state index contributed by atoms with van der Waals surface area (Å²) in [6.07, 6.45) is 4.56. The van der Waals surface area contributed by atoms with E-state index in [-0.39, 0.29) is 5.84 Å². The lowest BCUT2D eigenvalue weighted by molar-refractivity contribution is 0.295. The van der Waals surface area contributed by atoms with E-state index in [0.717, 1.165) is 12.4 Å². The van der Waals surface area contributed by atoms with E-state index in [1.807, 2.05) is 0 Å². The summed E-state index contributed by atoms with van der Waals surface area (Å²) in [5, 5.41) is 7.32. The number of rotatable bonds is 2. The van der Waals surface area contributed by atoms with Crippen molar-refractivity contribution < 1.29 is 0 Å². The molecule has 0 aromatic carbocycles. The minimum Gasteiger partial charge on any atom is -0.382 e. The summed E-state index contributed by atoms with van der Waals surface area (Å²) >= 11 is 0. The first-order valence-corrected chi connectivity index (χ1v) is 6.42. The van der Waals surface area contributed by atoms with E-state index in [0.29, 0.717) is 23.6 Å². The van der Waals surface area contributed by atoms with Gasteiger partial charge < -0.3 is 10.6 Å². The van der Waals surface area contributed by atoms with Crippen LogP contribution in [0, 0.1) is 17.2 Å². The van der Waals surface area contributed by atoms with Gasteiger partial charge in [-0.3, -0.25) is 5.41 Å². The van der Waals surface area contributed by atoms with E-state index in [9.17, 15) is 0 Å². The molecule has 0 saturated carbocycles. The molecule has 0 aliphatic carbocycles. The Balaban J connectivity index is 2.21. The van der Waals surface area contributed by atoms with Crippen molar-refractivity contribution in [2.24, 2.45) is 17.6 Å². The molecule has 3 atom stereocenters. The molecule has 3 unspecified atom stereocenters. The highest BCUT2D eigenvalue weighted by Crippen LogP contribution is 2.29. The Kier molecular flexibility index (Phi) is 3.50. The van der Waals surface area contributed by atoms with Crippen molar-refractivity contribution in [3.63, 3.8) is 0 Å². The van der Waals surface area contributed by atoms with E-state index in [1.54, 1.807) is 12.4 Å². The van der Waals surface area contributed by atoms with Crippen LogP contribution in [0.25, 0.3) is 0 Å². The van der Waals surface area contributed by atoms with Gasteiger partial charge in [0, 0.05) is 12.6 Å². The summed E-state index contributed by atoms with van der Waals surface area (Å²) in [6, 6.07) is 0.471. The van der Waals surface area contributed by atoms with Gasteiger partial charge in [0.25, 0.3) is 0 Å². The number of nitrogen functional groups attached to an aromatic ring is 1. The topological polar surface area (TPSA) is 78.9 Å². The Hall–Kier alpha value is -1.65. The predicted octanol–water partition coefficient (Wildman–Crippen LogP) is 1.63. The van der Waals surface area contributed by atoms with E-state index < -0.39 is 0 Å². The fraction of sp³-hybridized carbons (Fsp3) is 0.615. The van der Waals surface area contributed by atoms with Crippen LogP contribution in [-0.2, 0) is 0 Å². The van der Waals surface area contributed by atoms with Crippen molar-refractivity contribution in [3.05, 3.63) is 18.1 Å². The van der Waals surface area contributed by atoms with Gasteiger partial charge in [0.15, 0.2) is 0 Å². The molecule has 5 heteroatoms. The third-order valence-corrected chi connectivity index (χ3v) is 3.81. The Bertz CT molecular complexity index is 428. The summed E-state index contributed by atoms with van der Waals surface area (Å²) in [4.78, 5) is 10.9. The number of nitrogens with two attached hydrogens (primary N) is 1. The number of hydrogen-bond donors (Lipinski definition) is 2. The van der Waals surface area contributed by atoms with Crippen LogP contribution < -0.4 is 10.6 Å². The molecule has 1 aliphatic rings. The van der Waals surface area contributed by atoms with Gasteiger partial charge in [-0.1, -0.05) is 13.8 Å². The number of aromatic nitrogens is 2. The lowest BCUT2D eigenvalue weighted by atomic mass is 9.86. The third kappa shape index (κ3) is 2.44. The maximum Gasteiger partial charge on any atom is 0.147 e. The third-order valence-electron chi connectivity index (χ3n) is 3.81. The molecule has 98 valence electrons. The summed E-state index contributed by atoms with van der Waals surface area (Å²) in [6.45, 7) is 7.80. The lowest BCUT2D eigenvalue weighted by Gasteiger charge is -2.41. The zero-order valence-electron chi connectivity index (χ0n) is 11.2. The molecule has 1 saturated heterocycles. The second kappa shape index (κ2) is 4.92. The second-order valence-electron chi connectivity index (χ2n) is 5.38. The number of nitrogens with one attached hydrogen (secondary N) is 1. The Morgan fingerprint density at radius 1 is 1.33 bits per heavy atom. The fourth-order valence-electron chi connectivity index (χ4n) is 2.63. The molecular weight excluding hydrogens is 226 g/mol. The van der Waals surface area contributed by atoms with Crippen LogP contribution in [0.4, 0.5) is 5.82 Å². The molecular formula is C13H21N5. The van der Waals surface area contributed by atoms with Gasteiger partial charge in [0.05, 0.1) is 12.4 Å². The fourth-order valence-corrected chi connectivity index (χ4v) is 2.63. The van der Waals surface area contributed by atoms with Gasteiger partial charge in [0.1, 0.15) is 17.3 Å². The highest BCUT2D eigenvalue weighted by Gasteiger charge is 2.29. The SMILES string of the molecule is CC1CC(C)C(C)N(c2cnc(C(=N)N)cn2)C1. The normalized spacial score (nSPS) is 28.2. The summed E-state index contributed by atoms with van der Waals surface area (Å²) in [7, 11) is 0. The molecule has 1 aromatic rings. The minimum atomic E-state index is -0.0394. The highest BCUT2D eigenvalue weighted by atomic mass is 15.2. The van der Waals surface area contributed by atoms with Crippen LogP contribution in [0.1, 0.15) is 32.9 Å².